The molecule has 1 aliphatic rings. The molecule has 1 heterocycles. The number of amides is 2. The summed E-state index contributed by atoms with van der Waals surface area (Å²) >= 11 is 0. The van der Waals surface area contributed by atoms with Crippen LogP contribution in [-0.4, -0.2) is 54.6 Å². The van der Waals surface area contributed by atoms with Crippen LogP contribution >= 0.6 is 0 Å². The third kappa shape index (κ3) is 4.92. The molecule has 1 aliphatic heterocycles. The SMILES string of the molecule is CCc1ccc(NC(=O)c2ccccc2NC2=C(C(=O)OC)CN(CCO)C2=O)cc1. The second-order valence-electron chi connectivity index (χ2n) is 6.97. The Bertz CT molecular complexity index is 1010. The summed E-state index contributed by atoms with van der Waals surface area (Å²) in [6.45, 7) is 1.93. The number of benzene rings is 2. The van der Waals surface area contributed by atoms with Crippen molar-refractivity contribution < 1.29 is 24.2 Å². The molecule has 0 unspecified atom stereocenters. The molecule has 0 fully saturated rings. The fraction of sp³-hybridized carbons (Fsp3) is 0.261. The van der Waals surface area contributed by atoms with E-state index in [9.17, 15) is 19.5 Å². The van der Waals surface area contributed by atoms with Gasteiger partial charge in [-0.05, 0) is 36.2 Å². The summed E-state index contributed by atoms with van der Waals surface area (Å²) in [5, 5.41) is 15.0. The number of β-amino-alcohol motifs (C(OH)–C–C–N with tert-alkyl or cyclic N) is 1. The van der Waals surface area contributed by atoms with Crippen molar-refractivity contribution in [1.29, 1.82) is 0 Å². The number of carbonyl (C=O) groups is 3. The first-order valence-electron chi connectivity index (χ1n) is 9.96. The van der Waals surface area contributed by atoms with Gasteiger partial charge in [0.15, 0.2) is 0 Å². The van der Waals surface area contributed by atoms with Crippen LogP contribution < -0.4 is 10.6 Å². The van der Waals surface area contributed by atoms with Gasteiger partial charge in [0.1, 0.15) is 5.70 Å². The maximum atomic E-state index is 12.9. The van der Waals surface area contributed by atoms with Crippen LogP contribution in [0.1, 0.15) is 22.8 Å². The highest BCUT2D eigenvalue weighted by molar-refractivity contribution is 6.11. The number of rotatable bonds is 8. The predicted octanol–water partition coefficient (Wildman–Crippen LogP) is 2.17. The van der Waals surface area contributed by atoms with Gasteiger partial charge >= 0.3 is 5.97 Å². The van der Waals surface area contributed by atoms with Crippen molar-refractivity contribution in [2.45, 2.75) is 13.3 Å². The number of carbonyl (C=O) groups excluding carboxylic acids is 3. The Morgan fingerprint density at radius 1 is 1.13 bits per heavy atom. The molecular formula is C23H25N3O5. The maximum absolute atomic E-state index is 12.9. The van der Waals surface area contributed by atoms with E-state index >= 15 is 0 Å². The number of anilines is 2. The van der Waals surface area contributed by atoms with Gasteiger partial charge in [-0.1, -0.05) is 31.2 Å². The molecular weight excluding hydrogens is 398 g/mol. The number of methoxy groups -OCH3 is 1. The van der Waals surface area contributed by atoms with Crippen LogP contribution in [0.4, 0.5) is 11.4 Å². The van der Waals surface area contributed by atoms with Gasteiger partial charge in [0.05, 0.1) is 37.1 Å². The number of aliphatic hydroxyl groups is 1. The Hall–Kier alpha value is -3.65. The molecule has 3 N–H and O–H groups in total. The summed E-state index contributed by atoms with van der Waals surface area (Å²) in [5.74, 6) is -1.45. The number of hydrogen-bond donors (Lipinski definition) is 3. The van der Waals surface area contributed by atoms with Gasteiger partial charge in [0, 0.05) is 12.2 Å². The van der Waals surface area contributed by atoms with Gasteiger partial charge in [-0.3, -0.25) is 9.59 Å². The monoisotopic (exact) mass is 423 g/mol. The molecule has 0 saturated carbocycles. The summed E-state index contributed by atoms with van der Waals surface area (Å²) in [6, 6.07) is 14.3. The van der Waals surface area contributed by atoms with E-state index in [1.165, 1.54) is 12.0 Å². The Morgan fingerprint density at radius 2 is 1.84 bits per heavy atom. The number of para-hydroxylation sites is 1. The van der Waals surface area contributed by atoms with Crippen LogP contribution in [0.25, 0.3) is 0 Å². The second kappa shape index (κ2) is 9.90. The normalized spacial score (nSPS) is 13.4. The zero-order chi connectivity index (χ0) is 22.4. The summed E-state index contributed by atoms with van der Waals surface area (Å²) < 4.78 is 4.79. The molecule has 0 radical (unpaired) electrons. The highest BCUT2D eigenvalue weighted by Crippen LogP contribution is 2.25. The van der Waals surface area contributed by atoms with Gasteiger partial charge in [-0.15, -0.1) is 0 Å². The molecule has 0 saturated heterocycles. The Kier molecular flexibility index (Phi) is 7.04. The lowest BCUT2D eigenvalue weighted by Crippen LogP contribution is -2.31. The number of nitrogens with one attached hydrogen (secondary N) is 2. The Labute approximate surface area is 180 Å². The van der Waals surface area contributed by atoms with Crippen LogP contribution in [-0.2, 0) is 20.7 Å². The Balaban J connectivity index is 1.87. The summed E-state index contributed by atoms with van der Waals surface area (Å²) in [5.41, 5.74) is 2.68. The molecule has 0 spiro atoms. The third-order valence-corrected chi connectivity index (χ3v) is 5.00. The number of aryl methyl sites for hydroxylation is 1. The average molecular weight is 423 g/mol. The summed E-state index contributed by atoms with van der Waals surface area (Å²) in [6.07, 6.45) is 0.903. The van der Waals surface area contributed by atoms with E-state index in [-0.39, 0.29) is 36.9 Å². The molecule has 0 atom stereocenters. The minimum atomic E-state index is -0.644. The molecule has 0 bridgehead atoms. The average Bonchev–Trinajstić information content (AvgIpc) is 3.09. The molecule has 8 heteroatoms. The van der Waals surface area contributed by atoms with Crippen molar-refractivity contribution in [3.63, 3.8) is 0 Å². The number of esters is 1. The lowest BCUT2D eigenvalue weighted by atomic mass is 10.1. The van der Waals surface area contributed by atoms with Gasteiger partial charge in [0.25, 0.3) is 11.8 Å². The second-order valence-corrected chi connectivity index (χ2v) is 6.97. The van der Waals surface area contributed by atoms with Crippen molar-refractivity contribution in [3.8, 4) is 0 Å². The number of ether oxygens (including phenoxy) is 1. The molecule has 2 amide bonds. The van der Waals surface area contributed by atoms with E-state index < -0.39 is 11.9 Å². The number of hydrogen-bond acceptors (Lipinski definition) is 6. The standard InChI is InChI=1S/C23H25N3O5/c1-3-15-8-10-16(11-9-15)24-21(28)17-6-4-5-7-19(17)25-20-18(23(30)31-2)14-26(12-13-27)22(20)29/h4-11,25,27H,3,12-14H2,1-2H3,(H,24,28). The van der Waals surface area contributed by atoms with Crippen LogP contribution in [0.2, 0.25) is 0 Å². The van der Waals surface area contributed by atoms with Gasteiger partial charge in [-0.25, -0.2) is 4.79 Å². The van der Waals surface area contributed by atoms with Gasteiger partial charge in [-0.2, -0.15) is 0 Å². The Morgan fingerprint density at radius 3 is 2.48 bits per heavy atom. The van der Waals surface area contributed by atoms with Crippen molar-refractivity contribution >= 4 is 29.2 Å². The first-order chi connectivity index (χ1) is 15.0. The van der Waals surface area contributed by atoms with Crippen LogP contribution in [0.5, 0.6) is 0 Å². The smallest absolute Gasteiger partial charge is 0.337 e. The number of aliphatic hydroxyl groups excluding tert-OH is 1. The summed E-state index contributed by atoms with van der Waals surface area (Å²) in [7, 11) is 1.23. The molecule has 0 aliphatic carbocycles. The molecule has 162 valence electrons. The molecule has 2 aromatic carbocycles. The van der Waals surface area contributed by atoms with E-state index in [4.69, 9.17) is 4.74 Å². The van der Waals surface area contributed by atoms with Gasteiger partial charge in [0.2, 0.25) is 0 Å². The van der Waals surface area contributed by atoms with E-state index in [1.807, 2.05) is 24.3 Å². The zero-order valence-electron chi connectivity index (χ0n) is 17.5. The number of nitrogens with zero attached hydrogens (tertiary/aromatic N) is 1. The maximum Gasteiger partial charge on any atom is 0.337 e. The minimum Gasteiger partial charge on any atom is -0.466 e. The molecule has 2 aromatic rings. The van der Waals surface area contributed by atoms with Crippen molar-refractivity contribution in [2.24, 2.45) is 0 Å². The zero-order valence-corrected chi connectivity index (χ0v) is 17.5. The van der Waals surface area contributed by atoms with Crippen molar-refractivity contribution in [2.75, 3.05) is 37.4 Å². The van der Waals surface area contributed by atoms with E-state index in [1.54, 1.807) is 24.3 Å². The van der Waals surface area contributed by atoms with Crippen molar-refractivity contribution in [3.05, 3.63) is 70.9 Å². The fourth-order valence-corrected chi connectivity index (χ4v) is 3.30. The molecule has 8 nitrogen and oxygen atoms in total. The van der Waals surface area contributed by atoms with Crippen LogP contribution in [0, 0.1) is 0 Å². The quantitative estimate of drug-likeness (QED) is 0.562. The van der Waals surface area contributed by atoms with E-state index in [2.05, 4.69) is 17.6 Å². The molecule has 31 heavy (non-hydrogen) atoms. The first kappa shape index (κ1) is 22.0. The predicted molar refractivity (Wildman–Crippen MR) is 117 cm³/mol. The lowest BCUT2D eigenvalue weighted by Gasteiger charge is -2.16. The molecule has 3 rings (SSSR count). The highest BCUT2D eigenvalue weighted by Gasteiger charge is 2.34. The largest absolute Gasteiger partial charge is 0.466 e. The van der Waals surface area contributed by atoms with Crippen molar-refractivity contribution in [1.82, 2.24) is 4.90 Å². The van der Waals surface area contributed by atoms with E-state index in [0.717, 1.165) is 12.0 Å². The summed E-state index contributed by atoms with van der Waals surface area (Å²) in [4.78, 5) is 39.2. The van der Waals surface area contributed by atoms with Gasteiger partial charge < -0.3 is 25.4 Å². The van der Waals surface area contributed by atoms with Crippen LogP contribution in [0.3, 0.4) is 0 Å². The third-order valence-electron chi connectivity index (χ3n) is 5.00. The molecule has 0 aromatic heterocycles. The topological polar surface area (TPSA) is 108 Å². The lowest BCUT2D eigenvalue weighted by molar-refractivity contribution is -0.136. The van der Waals surface area contributed by atoms with E-state index in [0.29, 0.717) is 16.9 Å². The van der Waals surface area contributed by atoms with Crippen LogP contribution in [0.15, 0.2) is 59.8 Å². The fourth-order valence-electron chi connectivity index (χ4n) is 3.30. The highest BCUT2D eigenvalue weighted by atomic mass is 16.5. The first-order valence-corrected chi connectivity index (χ1v) is 9.96. The minimum absolute atomic E-state index is 0.0204.